The summed E-state index contributed by atoms with van der Waals surface area (Å²) in [6, 6.07) is 7.92. The number of rotatable bonds is 1. The Hall–Kier alpha value is -1.02. The normalized spacial score (nSPS) is 27.5. The van der Waals surface area contributed by atoms with E-state index >= 15 is 0 Å². The van der Waals surface area contributed by atoms with Crippen molar-refractivity contribution in [2.24, 2.45) is 5.73 Å². The minimum absolute atomic E-state index is 0.344. The number of phenolic OH excluding ortho intramolecular Hbond substituents is 1. The molecular formula is C12H17NO. The second kappa shape index (κ2) is 4.01. The molecule has 1 aliphatic carbocycles. The Kier molecular flexibility index (Phi) is 2.73. The van der Waals surface area contributed by atoms with Gasteiger partial charge in [-0.25, -0.2) is 0 Å². The van der Waals surface area contributed by atoms with Crippen molar-refractivity contribution in [1.82, 2.24) is 0 Å². The van der Waals surface area contributed by atoms with Gasteiger partial charge in [0.15, 0.2) is 0 Å². The van der Waals surface area contributed by atoms with Gasteiger partial charge in [-0.2, -0.15) is 0 Å². The summed E-state index contributed by atoms with van der Waals surface area (Å²) in [5.41, 5.74) is 7.17. The van der Waals surface area contributed by atoms with Gasteiger partial charge in [-0.1, -0.05) is 18.6 Å². The lowest BCUT2D eigenvalue weighted by Gasteiger charge is -2.26. The molecule has 1 saturated carbocycles. The van der Waals surface area contributed by atoms with Gasteiger partial charge in [0.05, 0.1) is 0 Å². The van der Waals surface area contributed by atoms with Gasteiger partial charge in [0, 0.05) is 6.04 Å². The summed E-state index contributed by atoms with van der Waals surface area (Å²) in [5.74, 6) is 0.910. The van der Waals surface area contributed by atoms with Crippen LogP contribution in [0.1, 0.15) is 37.2 Å². The molecule has 0 saturated heterocycles. The molecule has 2 heteroatoms. The molecule has 14 heavy (non-hydrogen) atoms. The SMILES string of the molecule is N[C@H]1CCC[C@H](c2cccc(O)c2)C1. The molecule has 2 nitrogen and oxygen atoms in total. The number of phenols is 1. The highest BCUT2D eigenvalue weighted by Crippen LogP contribution is 2.33. The van der Waals surface area contributed by atoms with Crippen LogP contribution in [0.2, 0.25) is 0 Å². The van der Waals surface area contributed by atoms with Crippen LogP contribution in [0.15, 0.2) is 24.3 Å². The van der Waals surface area contributed by atoms with Gasteiger partial charge >= 0.3 is 0 Å². The Labute approximate surface area is 84.7 Å². The number of benzene rings is 1. The van der Waals surface area contributed by atoms with Crippen LogP contribution in [0.3, 0.4) is 0 Å². The van der Waals surface area contributed by atoms with Crippen LogP contribution in [-0.4, -0.2) is 11.1 Å². The van der Waals surface area contributed by atoms with Crippen molar-refractivity contribution in [1.29, 1.82) is 0 Å². The van der Waals surface area contributed by atoms with E-state index in [0.717, 1.165) is 12.8 Å². The molecule has 2 atom stereocenters. The van der Waals surface area contributed by atoms with Crippen molar-refractivity contribution < 1.29 is 5.11 Å². The lowest BCUT2D eigenvalue weighted by molar-refractivity contribution is 0.391. The summed E-state index contributed by atoms with van der Waals surface area (Å²) < 4.78 is 0. The number of hydrogen-bond acceptors (Lipinski definition) is 2. The van der Waals surface area contributed by atoms with E-state index in [4.69, 9.17) is 5.73 Å². The monoisotopic (exact) mass is 191 g/mol. The van der Waals surface area contributed by atoms with E-state index in [-0.39, 0.29) is 0 Å². The molecule has 1 aliphatic rings. The smallest absolute Gasteiger partial charge is 0.115 e. The van der Waals surface area contributed by atoms with E-state index in [0.29, 0.717) is 17.7 Å². The second-order valence-corrected chi connectivity index (χ2v) is 4.22. The molecule has 0 unspecified atom stereocenters. The molecule has 1 aromatic carbocycles. The molecule has 0 aromatic heterocycles. The summed E-state index contributed by atoms with van der Waals surface area (Å²) in [6.07, 6.45) is 4.62. The lowest BCUT2D eigenvalue weighted by Crippen LogP contribution is -2.26. The van der Waals surface area contributed by atoms with Crippen LogP contribution in [0.25, 0.3) is 0 Å². The topological polar surface area (TPSA) is 46.2 Å². The largest absolute Gasteiger partial charge is 0.508 e. The van der Waals surface area contributed by atoms with Gasteiger partial charge in [-0.3, -0.25) is 0 Å². The third kappa shape index (κ3) is 2.07. The Morgan fingerprint density at radius 1 is 1.29 bits per heavy atom. The zero-order valence-electron chi connectivity index (χ0n) is 8.32. The van der Waals surface area contributed by atoms with E-state index in [9.17, 15) is 5.11 Å². The summed E-state index contributed by atoms with van der Waals surface area (Å²) in [7, 11) is 0. The maximum Gasteiger partial charge on any atom is 0.115 e. The maximum atomic E-state index is 9.38. The van der Waals surface area contributed by atoms with Crippen molar-refractivity contribution in [3.63, 3.8) is 0 Å². The highest BCUT2D eigenvalue weighted by Gasteiger charge is 2.20. The van der Waals surface area contributed by atoms with Gasteiger partial charge in [-0.15, -0.1) is 0 Å². The standard InChI is InChI=1S/C12H17NO/c13-11-5-1-3-9(7-11)10-4-2-6-12(14)8-10/h2,4,6,8-9,11,14H,1,3,5,7,13H2/t9-,11-/m0/s1. The van der Waals surface area contributed by atoms with E-state index in [2.05, 4.69) is 6.07 Å². The van der Waals surface area contributed by atoms with Crippen LogP contribution < -0.4 is 5.73 Å². The average Bonchev–Trinajstić information content (AvgIpc) is 2.18. The lowest BCUT2D eigenvalue weighted by atomic mass is 9.82. The predicted octanol–water partition coefficient (Wildman–Crippen LogP) is 2.38. The summed E-state index contributed by atoms with van der Waals surface area (Å²) in [4.78, 5) is 0. The first-order chi connectivity index (χ1) is 6.75. The fourth-order valence-corrected chi connectivity index (χ4v) is 2.31. The van der Waals surface area contributed by atoms with E-state index in [1.165, 1.54) is 18.4 Å². The summed E-state index contributed by atoms with van der Waals surface area (Å²) in [5, 5.41) is 9.38. The number of nitrogens with two attached hydrogens (primary N) is 1. The average molecular weight is 191 g/mol. The van der Waals surface area contributed by atoms with Crippen molar-refractivity contribution in [3.8, 4) is 5.75 Å². The van der Waals surface area contributed by atoms with Crippen LogP contribution in [0.5, 0.6) is 5.75 Å². The first-order valence-electron chi connectivity index (χ1n) is 5.30. The minimum atomic E-state index is 0.344. The molecular weight excluding hydrogens is 174 g/mol. The molecule has 0 heterocycles. The molecule has 0 amide bonds. The fourth-order valence-electron chi connectivity index (χ4n) is 2.31. The van der Waals surface area contributed by atoms with Crippen LogP contribution in [0, 0.1) is 0 Å². The molecule has 1 fully saturated rings. The number of hydrogen-bond donors (Lipinski definition) is 2. The van der Waals surface area contributed by atoms with E-state index < -0.39 is 0 Å². The van der Waals surface area contributed by atoms with Crippen LogP contribution >= 0.6 is 0 Å². The molecule has 0 spiro atoms. The van der Waals surface area contributed by atoms with Gasteiger partial charge in [-0.05, 0) is 42.9 Å². The van der Waals surface area contributed by atoms with Gasteiger partial charge < -0.3 is 10.8 Å². The predicted molar refractivity (Wildman–Crippen MR) is 57.3 cm³/mol. The molecule has 0 radical (unpaired) electrons. The van der Waals surface area contributed by atoms with Crippen molar-refractivity contribution in [2.45, 2.75) is 37.6 Å². The van der Waals surface area contributed by atoms with Crippen molar-refractivity contribution in [3.05, 3.63) is 29.8 Å². The molecule has 2 rings (SSSR count). The van der Waals surface area contributed by atoms with E-state index in [1.807, 2.05) is 12.1 Å². The minimum Gasteiger partial charge on any atom is -0.508 e. The molecule has 1 aromatic rings. The van der Waals surface area contributed by atoms with Crippen LogP contribution in [0.4, 0.5) is 0 Å². The molecule has 0 bridgehead atoms. The van der Waals surface area contributed by atoms with Crippen LogP contribution in [-0.2, 0) is 0 Å². The van der Waals surface area contributed by atoms with E-state index in [1.54, 1.807) is 6.07 Å². The Balaban J connectivity index is 2.14. The highest BCUT2D eigenvalue weighted by atomic mass is 16.3. The number of aromatic hydroxyl groups is 1. The zero-order valence-corrected chi connectivity index (χ0v) is 8.32. The van der Waals surface area contributed by atoms with Gasteiger partial charge in [0.25, 0.3) is 0 Å². The fraction of sp³-hybridized carbons (Fsp3) is 0.500. The summed E-state index contributed by atoms with van der Waals surface area (Å²) in [6.45, 7) is 0. The molecule has 76 valence electrons. The third-order valence-corrected chi connectivity index (χ3v) is 3.06. The third-order valence-electron chi connectivity index (χ3n) is 3.06. The Morgan fingerprint density at radius 3 is 2.86 bits per heavy atom. The molecule has 0 aliphatic heterocycles. The van der Waals surface area contributed by atoms with Gasteiger partial charge in [0.1, 0.15) is 5.75 Å². The van der Waals surface area contributed by atoms with Gasteiger partial charge in [0.2, 0.25) is 0 Å². The first-order valence-corrected chi connectivity index (χ1v) is 5.30. The maximum absolute atomic E-state index is 9.38. The van der Waals surface area contributed by atoms with Crippen molar-refractivity contribution in [2.75, 3.05) is 0 Å². The molecule has 3 N–H and O–H groups in total. The summed E-state index contributed by atoms with van der Waals surface area (Å²) >= 11 is 0. The second-order valence-electron chi connectivity index (χ2n) is 4.22. The zero-order chi connectivity index (χ0) is 9.97. The Morgan fingerprint density at radius 2 is 2.14 bits per heavy atom. The van der Waals surface area contributed by atoms with Crippen molar-refractivity contribution >= 4 is 0 Å². The first kappa shape index (κ1) is 9.53. The quantitative estimate of drug-likeness (QED) is 0.716. The Bertz CT molecular complexity index is 311. The highest BCUT2D eigenvalue weighted by molar-refractivity contribution is 5.30.